The Morgan fingerprint density at radius 2 is 1.83 bits per heavy atom. The third kappa shape index (κ3) is 5.46. The van der Waals surface area contributed by atoms with Crippen LogP contribution in [-0.4, -0.2) is 43.4 Å². The molecule has 0 saturated carbocycles. The molecule has 1 fully saturated rings. The van der Waals surface area contributed by atoms with Gasteiger partial charge in [0.05, 0.1) is 10.9 Å². The van der Waals surface area contributed by atoms with E-state index in [-0.39, 0.29) is 16.8 Å². The number of aryl methyl sites for hydroxylation is 1. The van der Waals surface area contributed by atoms with Crippen LogP contribution in [0.4, 0.5) is 5.69 Å². The van der Waals surface area contributed by atoms with Gasteiger partial charge in [-0.15, -0.1) is 0 Å². The van der Waals surface area contributed by atoms with Crippen molar-refractivity contribution in [3.05, 3.63) is 48.3 Å². The zero-order chi connectivity index (χ0) is 20.9. The number of nitrogens with zero attached hydrogens (tertiary/aromatic N) is 2. The number of amides is 1. The van der Waals surface area contributed by atoms with E-state index in [0.717, 1.165) is 38.0 Å². The molecule has 1 aromatic heterocycles. The number of aromatic nitrogens is 1. The molecule has 0 spiro atoms. The zero-order valence-electron chi connectivity index (χ0n) is 17.1. The van der Waals surface area contributed by atoms with Gasteiger partial charge >= 0.3 is 0 Å². The van der Waals surface area contributed by atoms with E-state index in [0.29, 0.717) is 18.7 Å². The molecule has 8 heteroatoms. The second kappa shape index (κ2) is 9.56. The Morgan fingerprint density at radius 1 is 1.14 bits per heavy atom. The summed E-state index contributed by atoms with van der Waals surface area (Å²) >= 11 is 0. The number of anilines is 1. The largest absolute Gasteiger partial charge is 0.353 e. The smallest absolute Gasteiger partial charge is 0.240 e. The second-order valence-electron chi connectivity index (χ2n) is 7.48. The molecule has 0 bridgehead atoms. The first-order valence-electron chi connectivity index (χ1n) is 10.2. The van der Waals surface area contributed by atoms with Crippen LogP contribution in [0, 0.1) is 0 Å². The van der Waals surface area contributed by atoms with Crippen molar-refractivity contribution in [1.82, 2.24) is 14.2 Å². The minimum Gasteiger partial charge on any atom is -0.353 e. The van der Waals surface area contributed by atoms with Gasteiger partial charge in [-0.3, -0.25) is 9.69 Å². The highest BCUT2D eigenvalue weighted by molar-refractivity contribution is 7.89. The molecule has 1 saturated heterocycles. The van der Waals surface area contributed by atoms with Crippen LogP contribution in [0.2, 0.25) is 0 Å². The van der Waals surface area contributed by atoms with Crippen LogP contribution in [-0.2, 0) is 21.9 Å². The normalized spacial score (nSPS) is 16.1. The van der Waals surface area contributed by atoms with Gasteiger partial charge in [0, 0.05) is 37.6 Å². The molecule has 2 heterocycles. The van der Waals surface area contributed by atoms with Gasteiger partial charge in [0.1, 0.15) is 0 Å². The Kier molecular flexibility index (Phi) is 7.10. The van der Waals surface area contributed by atoms with E-state index in [4.69, 9.17) is 0 Å². The van der Waals surface area contributed by atoms with E-state index in [9.17, 15) is 13.2 Å². The number of nitrogens with one attached hydrogen (secondary N) is 2. The maximum Gasteiger partial charge on any atom is 0.240 e. The summed E-state index contributed by atoms with van der Waals surface area (Å²) in [6, 6.07) is 10.3. The third-order valence-electron chi connectivity index (χ3n) is 5.30. The molecule has 1 aliphatic rings. The van der Waals surface area contributed by atoms with E-state index in [1.165, 1.54) is 12.1 Å². The first-order valence-corrected chi connectivity index (χ1v) is 11.6. The summed E-state index contributed by atoms with van der Waals surface area (Å²) < 4.78 is 30.5. The summed E-state index contributed by atoms with van der Waals surface area (Å²) in [5.41, 5.74) is 1.70. The molecule has 1 atom stereocenters. The summed E-state index contributed by atoms with van der Waals surface area (Å²) in [6.07, 6.45) is 5.47. The predicted molar refractivity (Wildman–Crippen MR) is 114 cm³/mol. The summed E-state index contributed by atoms with van der Waals surface area (Å²) in [4.78, 5) is 14.2. The van der Waals surface area contributed by atoms with E-state index >= 15 is 0 Å². The van der Waals surface area contributed by atoms with Crippen LogP contribution in [0.15, 0.2) is 47.5 Å². The van der Waals surface area contributed by atoms with Gasteiger partial charge in [0.15, 0.2) is 0 Å². The lowest BCUT2D eigenvalue weighted by Gasteiger charge is -2.28. The van der Waals surface area contributed by atoms with Crippen LogP contribution < -0.4 is 10.0 Å². The van der Waals surface area contributed by atoms with Crippen LogP contribution in [0.3, 0.4) is 0 Å². The summed E-state index contributed by atoms with van der Waals surface area (Å²) in [7, 11) is -1.66. The van der Waals surface area contributed by atoms with E-state index in [1.54, 1.807) is 12.1 Å². The lowest BCUT2D eigenvalue weighted by atomic mass is 10.2. The standard InChI is InChI=1S/C21H30N4O3S/c1-3-7-21(26)23-17-9-11-18(12-10-17)29(27,28)22-16-20(25-14-4-5-15-25)19-8-6-13-24(19)2/h6,8-13,20,22H,3-5,7,14-16H2,1-2H3,(H,23,26). The maximum absolute atomic E-state index is 12.8. The van der Waals surface area contributed by atoms with Crippen molar-refractivity contribution in [2.45, 2.75) is 43.5 Å². The van der Waals surface area contributed by atoms with Gasteiger partial charge < -0.3 is 9.88 Å². The lowest BCUT2D eigenvalue weighted by molar-refractivity contribution is -0.116. The Bertz CT molecular complexity index is 916. The molecule has 1 unspecified atom stereocenters. The minimum absolute atomic E-state index is 0.000111. The fourth-order valence-corrected chi connectivity index (χ4v) is 4.77. The zero-order valence-corrected chi connectivity index (χ0v) is 17.9. The monoisotopic (exact) mass is 418 g/mol. The van der Waals surface area contributed by atoms with Crippen molar-refractivity contribution in [3.8, 4) is 0 Å². The molecule has 158 valence electrons. The molecule has 3 rings (SSSR count). The molecule has 0 aliphatic carbocycles. The van der Waals surface area contributed by atoms with Gasteiger partial charge in [-0.05, 0) is 68.8 Å². The Balaban J connectivity index is 1.69. The van der Waals surface area contributed by atoms with Crippen LogP contribution in [0.25, 0.3) is 0 Å². The number of carbonyl (C=O) groups excluding carboxylic acids is 1. The van der Waals surface area contributed by atoms with Gasteiger partial charge in [-0.1, -0.05) is 6.92 Å². The Morgan fingerprint density at radius 3 is 2.41 bits per heavy atom. The first kappa shape index (κ1) is 21.5. The molecule has 7 nitrogen and oxygen atoms in total. The number of likely N-dealkylation sites (tertiary alicyclic amines) is 1. The highest BCUT2D eigenvalue weighted by Gasteiger charge is 2.27. The molecular weight excluding hydrogens is 388 g/mol. The summed E-state index contributed by atoms with van der Waals surface area (Å²) in [5.74, 6) is -0.0720. The average molecular weight is 419 g/mol. The van der Waals surface area contributed by atoms with E-state index in [1.807, 2.05) is 36.9 Å². The van der Waals surface area contributed by atoms with Crippen LogP contribution in [0.1, 0.15) is 44.3 Å². The van der Waals surface area contributed by atoms with E-state index < -0.39 is 10.0 Å². The van der Waals surface area contributed by atoms with Crippen molar-refractivity contribution in [2.24, 2.45) is 7.05 Å². The average Bonchev–Trinajstić information content (AvgIpc) is 3.35. The molecule has 1 amide bonds. The summed E-state index contributed by atoms with van der Waals surface area (Å²) in [5, 5.41) is 2.77. The molecule has 0 radical (unpaired) electrons. The van der Waals surface area contributed by atoms with E-state index in [2.05, 4.69) is 14.9 Å². The third-order valence-corrected chi connectivity index (χ3v) is 6.74. The Labute approximate surface area is 173 Å². The predicted octanol–water partition coefficient (Wildman–Crippen LogP) is 2.88. The molecule has 1 aromatic carbocycles. The van der Waals surface area contributed by atoms with Crippen LogP contribution in [0.5, 0.6) is 0 Å². The van der Waals surface area contributed by atoms with Crippen LogP contribution >= 0.6 is 0 Å². The SMILES string of the molecule is CCCC(=O)Nc1ccc(S(=O)(=O)NCC(c2cccn2C)N2CCCC2)cc1. The quantitative estimate of drug-likeness (QED) is 0.656. The minimum atomic E-state index is -3.64. The number of hydrogen-bond donors (Lipinski definition) is 2. The fourth-order valence-electron chi connectivity index (χ4n) is 3.73. The van der Waals surface area contributed by atoms with Gasteiger partial charge in [0.25, 0.3) is 0 Å². The second-order valence-corrected chi connectivity index (χ2v) is 9.24. The van der Waals surface area contributed by atoms with Gasteiger partial charge in [0.2, 0.25) is 15.9 Å². The number of benzene rings is 1. The maximum atomic E-state index is 12.8. The molecule has 2 aromatic rings. The molecule has 1 aliphatic heterocycles. The number of rotatable bonds is 9. The van der Waals surface area contributed by atoms with Crippen molar-refractivity contribution in [1.29, 1.82) is 0 Å². The number of carbonyl (C=O) groups is 1. The highest BCUT2D eigenvalue weighted by Crippen LogP contribution is 2.25. The van der Waals surface area contributed by atoms with Crippen molar-refractivity contribution < 1.29 is 13.2 Å². The van der Waals surface area contributed by atoms with Gasteiger partial charge in [-0.25, -0.2) is 13.1 Å². The fraction of sp³-hybridized carbons (Fsp3) is 0.476. The van der Waals surface area contributed by atoms with Crippen molar-refractivity contribution in [3.63, 3.8) is 0 Å². The first-order chi connectivity index (χ1) is 13.9. The summed E-state index contributed by atoms with van der Waals surface area (Å²) in [6.45, 7) is 4.20. The Hall–Kier alpha value is -2.16. The molecule has 2 N–H and O–H groups in total. The van der Waals surface area contributed by atoms with Crippen molar-refractivity contribution >= 4 is 21.6 Å². The van der Waals surface area contributed by atoms with Crippen molar-refractivity contribution in [2.75, 3.05) is 25.0 Å². The number of hydrogen-bond acceptors (Lipinski definition) is 4. The lowest BCUT2D eigenvalue weighted by Crippen LogP contribution is -2.37. The molecular formula is C21H30N4O3S. The molecule has 29 heavy (non-hydrogen) atoms. The highest BCUT2D eigenvalue weighted by atomic mass is 32.2. The van der Waals surface area contributed by atoms with Gasteiger partial charge in [-0.2, -0.15) is 0 Å². The number of sulfonamides is 1. The topological polar surface area (TPSA) is 83.4 Å².